The molecule has 1 aromatic carbocycles. The number of hydrogen-bond acceptors (Lipinski definition) is 5. The van der Waals surface area contributed by atoms with Crippen LogP contribution in [-0.2, 0) is 0 Å². The standard InChI is InChI=1S/C12H10ClN7O/c1-7-16-11(19-18-7)12(21)17-9-4-2-3-8(13)10(9)20-6-14-5-15-20/h2-6H,1H3,(H,17,21)(H,16,18,19). The summed E-state index contributed by atoms with van der Waals surface area (Å²) >= 11 is 6.18. The van der Waals surface area contributed by atoms with Crippen molar-refractivity contribution in [3.8, 4) is 5.69 Å². The van der Waals surface area contributed by atoms with Crippen LogP contribution in [0.5, 0.6) is 0 Å². The zero-order valence-corrected chi connectivity index (χ0v) is 11.7. The molecule has 3 aromatic rings. The lowest BCUT2D eigenvalue weighted by atomic mass is 10.2. The maximum absolute atomic E-state index is 12.1. The number of rotatable bonds is 3. The smallest absolute Gasteiger partial charge is 0.295 e. The number of aryl methyl sites for hydroxylation is 1. The van der Waals surface area contributed by atoms with Crippen LogP contribution in [0.3, 0.4) is 0 Å². The predicted octanol–water partition coefficient (Wildman–Crippen LogP) is 1.60. The van der Waals surface area contributed by atoms with E-state index in [0.717, 1.165) is 0 Å². The van der Waals surface area contributed by atoms with Gasteiger partial charge in [0, 0.05) is 0 Å². The minimum absolute atomic E-state index is 0.0528. The number of H-pyrrole nitrogens is 1. The third-order valence-corrected chi connectivity index (χ3v) is 2.99. The molecule has 0 aliphatic carbocycles. The van der Waals surface area contributed by atoms with Crippen LogP contribution in [0.25, 0.3) is 5.69 Å². The monoisotopic (exact) mass is 303 g/mol. The van der Waals surface area contributed by atoms with Crippen molar-refractivity contribution in [3.05, 3.63) is 47.5 Å². The van der Waals surface area contributed by atoms with E-state index in [1.165, 1.54) is 17.3 Å². The number of nitrogens with one attached hydrogen (secondary N) is 2. The highest BCUT2D eigenvalue weighted by atomic mass is 35.5. The van der Waals surface area contributed by atoms with E-state index < -0.39 is 5.91 Å². The summed E-state index contributed by atoms with van der Waals surface area (Å²) in [7, 11) is 0. The van der Waals surface area contributed by atoms with Gasteiger partial charge in [0.1, 0.15) is 24.2 Å². The summed E-state index contributed by atoms with van der Waals surface area (Å²) in [5.74, 6) is 0.169. The van der Waals surface area contributed by atoms with E-state index in [-0.39, 0.29) is 5.82 Å². The molecule has 0 aliphatic rings. The van der Waals surface area contributed by atoms with E-state index in [9.17, 15) is 4.79 Å². The first-order chi connectivity index (χ1) is 10.1. The second-order valence-electron chi connectivity index (χ2n) is 4.17. The molecule has 2 aromatic heterocycles. The van der Waals surface area contributed by atoms with Gasteiger partial charge in [0.15, 0.2) is 0 Å². The summed E-state index contributed by atoms with van der Waals surface area (Å²) in [4.78, 5) is 20.0. The van der Waals surface area contributed by atoms with Gasteiger partial charge in [0.2, 0.25) is 5.82 Å². The van der Waals surface area contributed by atoms with Crippen molar-refractivity contribution in [1.29, 1.82) is 0 Å². The molecule has 21 heavy (non-hydrogen) atoms. The number of halogens is 1. The Morgan fingerprint density at radius 3 is 2.95 bits per heavy atom. The second-order valence-corrected chi connectivity index (χ2v) is 4.58. The van der Waals surface area contributed by atoms with Crippen LogP contribution in [0.2, 0.25) is 5.02 Å². The number of amides is 1. The number of carbonyl (C=O) groups is 1. The van der Waals surface area contributed by atoms with Crippen molar-refractivity contribution in [2.75, 3.05) is 5.32 Å². The molecule has 0 unspecified atom stereocenters. The first kappa shape index (κ1) is 13.3. The third-order valence-electron chi connectivity index (χ3n) is 2.68. The molecule has 0 radical (unpaired) electrons. The zero-order chi connectivity index (χ0) is 14.8. The summed E-state index contributed by atoms with van der Waals surface area (Å²) in [6.45, 7) is 1.71. The topological polar surface area (TPSA) is 101 Å². The van der Waals surface area contributed by atoms with Crippen molar-refractivity contribution in [2.24, 2.45) is 0 Å². The van der Waals surface area contributed by atoms with Gasteiger partial charge in [-0.3, -0.25) is 9.89 Å². The Hall–Kier alpha value is -2.74. The average molecular weight is 304 g/mol. The zero-order valence-electron chi connectivity index (χ0n) is 10.9. The molecule has 0 fully saturated rings. The van der Waals surface area contributed by atoms with Gasteiger partial charge in [-0.2, -0.15) is 5.10 Å². The molecule has 0 saturated heterocycles. The van der Waals surface area contributed by atoms with Crippen molar-refractivity contribution in [3.63, 3.8) is 0 Å². The van der Waals surface area contributed by atoms with E-state index in [4.69, 9.17) is 11.6 Å². The van der Waals surface area contributed by atoms with E-state index in [2.05, 4.69) is 30.6 Å². The quantitative estimate of drug-likeness (QED) is 0.765. The maximum Gasteiger partial charge on any atom is 0.295 e. The molecule has 0 bridgehead atoms. The van der Waals surface area contributed by atoms with Gasteiger partial charge < -0.3 is 5.32 Å². The maximum atomic E-state index is 12.1. The highest BCUT2D eigenvalue weighted by Gasteiger charge is 2.16. The molecule has 1 amide bonds. The van der Waals surface area contributed by atoms with Crippen LogP contribution in [0.1, 0.15) is 16.4 Å². The summed E-state index contributed by atoms with van der Waals surface area (Å²) in [6, 6.07) is 5.13. The van der Waals surface area contributed by atoms with Gasteiger partial charge in [-0.25, -0.2) is 14.6 Å². The summed E-state index contributed by atoms with van der Waals surface area (Å²) in [6.07, 6.45) is 2.88. The SMILES string of the molecule is Cc1nc(C(=O)Nc2cccc(Cl)c2-n2cncn2)n[nH]1. The first-order valence-corrected chi connectivity index (χ1v) is 6.37. The molecule has 0 saturated carbocycles. The number of hydrogen-bond donors (Lipinski definition) is 2. The van der Waals surface area contributed by atoms with Crippen LogP contribution in [0, 0.1) is 6.92 Å². The molecular weight excluding hydrogens is 294 g/mol. The van der Waals surface area contributed by atoms with E-state index in [1.807, 2.05) is 0 Å². The molecular formula is C12H10ClN7O. The van der Waals surface area contributed by atoms with E-state index in [1.54, 1.807) is 25.1 Å². The fourth-order valence-electron chi connectivity index (χ4n) is 1.80. The normalized spacial score (nSPS) is 10.6. The molecule has 2 heterocycles. The van der Waals surface area contributed by atoms with E-state index in [0.29, 0.717) is 22.2 Å². The minimum Gasteiger partial charge on any atom is -0.317 e. The molecule has 8 nitrogen and oxygen atoms in total. The van der Waals surface area contributed by atoms with Crippen molar-refractivity contribution < 1.29 is 4.79 Å². The fourth-order valence-corrected chi connectivity index (χ4v) is 2.06. The lowest BCUT2D eigenvalue weighted by Crippen LogP contribution is -2.16. The van der Waals surface area contributed by atoms with E-state index >= 15 is 0 Å². The van der Waals surface area contributed by atoms with Gasteiger partial charge in [0.25, 0.3) is 5.91 Å². The second kappa shape index (κ2) is 5.33. The Morgan fingerprint density at radius 1 is 1.43 bits per heavy atom. The lowest BCUT2D eigenvalue weighted by molar-refractivity contribution is 0.101. The minimum atomic E-state index is -0.442. The number of anilines is 1. The molecule has 2 N–H and O–H groups in total. The summed E-state index contributed by atoms with van der Waals surface area (Å²) < 4.78 is 1.47. The molecule has 3 rings (SSSR count). The highest BCUT2D eigenvalue weighted by Crippen LogP contribution is 2.27. The van der Waals surface area contributed by atoms with Crippen LogP contribution in [-0.4, -0.2) is 35.9 Å². The number of aromatic nitrogens is 6. The Kier molecular flexibility index (Phi) is 3.36. The van der Waals surface area contributed by atoms with Crippen molar-refractivity contribution in [2.45, 2.75) is 6.92 Å². The van der Waals surface area contributed by atoms with Gasteiger partial charge in [-0.15, -0.1) is 5.10 Å². The highest BCUT2D eigenvalue weighted by molar-refractivity contribution is 6.33. The average Bonchev–Trinajstić information content (AvgIpc) is 3.10. The van der Waals surface area contributed by atoms with Crippen LogP contribution < -0.4 is 5.32 Å². The Labute approximate surface area is 124 Å². The van der Waals surface area contributed by atoms with Gasteiger partial charge >= 0.3 is 0 Å². The Morgan fingerprint density at radius 2 is 2.29 bits per heavy atom. The Bertz CT molecular complexity index is 781. The lowest BCUT2D eigenvalue weighted by Gasteiger charge is -2.11. The largest absolute Gasteiger partial charge is 0.317 e. The summed E-state index contributed by atoms with van der Waals surface area (Å²) in [5, 5.41) is 13.6. The number of benzene rings is 1. The number of carbonyl (C=O) groups excluding carboxylic acids is 1. The Balaban J connectivity index is 1.96. The fraction of sp³-hybridized carbons (Fsp3) is 0.0833. The van der Waals surface area contributed by atoms with Crippen molar-refractivity contribution >= 4 is 23.2 Å². The molecule has 106 valence electrons. The summed E-state index contributed by atoms with van der Waals surface area (Å²) in [5.41, 5.74) is 1.01. The molecule has 9 heteroatoms. The molecule has 0 aliphatic heterocycles. The van der Waals surface area contributed by atoms with Crippen LogP contribution in [0.15, 0.2) is 30.9 Å². The number of para-hydroxylation sites is 1. The number of aromatic amines is 1. The van der Waals surface area contributed by atoms with Crippen molar-refractivity contribution in [1.82, 2.24) is 29.9 Å². The van der Waals surface area contributed by atoms with Gasteiger partial charge in [0.05, 0.1) is 10.7 Å². The van der Waals surface area contributed by atoms with Crippen LogP contribution in [0.4, 0.5) is 5.69 Å². The van der Waals surface area contributed by atoms with Gasteiger partial charge in [-0.1, -0.05) is 17.7 Å². The van der Waals surface area contributed by atoms with Crippen LogP contribution >= 0.6 is 11.6 Å². The first-order valence-electron chi connectivity index (χ1n) is 5.99. The molecule has 0 atom stereocenters. The third kappa shape index (κ3) is 2.61. The van der Waals surface area contributed by atoms with Gasteiger partial charge in [-0.05, 0) is 19.1 Å². The number of nitrogens with zero attached hydrogens (tertiary/aromatic N) is 5. The molecule has 0 spiro atoms. The predicted molar refractivity (Wildman–Crippen MR) is 75.4 cm³/mol.